The summed E-state index contributed by atoms with van der Waals surface area (Å²) in [5.41, 5.74) is 7.92. The molecule has 1 saturated carbocycles. The molecule has 3 heteroatoms. The van der Waals surface area contributed by atoms with Gasteiger partial charge in [0.25, 0.3) is 0 Å². The average Bonchev–Trinajstić information content (AvgIpc) is 2.37. The molecule has 0 radical (unpaired) electrons. The molecule has 2 rings (SSSR count). The third-order valence-corrected chi connectivity index (χ3v) is 4.71. The number of anilines is 1. The summed E-state index contributed by atoms with van der Waals surface area (Å²) in [6.45, 7) is 0. The smallest absolute Gasteiger partial charge is 0.121 e. The fourth-order valence-electron chi connectivity index (χ4n) is 2.33. The molecule has 0 spiro atoms. The van der Waals surface area contributed by atoms with Crippen molar-refractivity contribution in [1.29, 1.82) is 0 Å². The van der Waals surface area contributed by atoms with Crippen LogP contribution in [0.2, 0.25) is 0 Å². The van der Waals surface area contributed by atoms with E-state index in [4.69, 9.17) is 10.5 Å². The van der Waals surface area contributed by atoms with Crippen molar-refractivity contribution in [3.8, 4) is 5.75 Å². The van der Waals surface area contributed by atoms with E-state index in [1.165, 1.54) is 37.7 Å². The van der Waals surface area contributed by atoms with Gasteiger partial charge in [-0.2, -0.15) is 11.8 Å². The number of nitrogen functional groups attached to an aromatic ring is 1. The summed E-state index contributed by atoms with van der Waals surface area (Å²) in [6.07, 6.45) is 6.98. The molecular formula is C14H21NOS. The molecule has 2 N–H and O–H groups in total. The second-order valence-electron chi connectivity index (χ2n) is 4.69. The molecule has 0 atom stereocenters. The maximum atomic E-state index is 5.85. The molecule has 1 aliphatic rings. The zero-order valence-corrected chi connectivity index (χ0v) is 11.3. The van der Waals surface area contributed by atoms with Crippen molar-refractivity contribution in [3.05, 3.63) is 23.8 Å². The lowest BCUT2D eigenvalue weighted by Gasteiger charge is -2.21. The summed E-state index contributed by atoms with van der Waals surface area (Å²) in [7, 11) is 1.69. The molecule has 0 bridgehead atoms. The van der Waals surface area contributed by atoms with Crippen LogP contribution in [0.3, 0.4) is 0 Å². The Bertz CT molecular complexity index is 361. The number of rotatable bonds is 4. The van der Waals surface area contributed by atoms with Crippen LogP contribution in [0.15, 0.2) is 18.2 Å². The van der Waals surface area contributed by atoms with Crippen LogP contribution in [-0.2, 0) is 5.75 Å². The van der Waals surface area contributed by atoms with Crippen molar-refractivity contribution in [2.75, 3.05) is 12.8 Å². The van der Waals surface area contributed by atoms with Crippen molar-refractivity contribution in [2.45, 2.75) is 43.1 Å². The third-order valence-electron chi connectivity index (χ3n) is 3.26. The van der Waals surface area contributed by atoms with Crippen LogP contribution in [0.4, 0.5) is 5.69 Å². The molecule has 0 amide bonds. The average molecular weight is 251 g/mol. The van der Waals surface area contributed by atoms with E-state index >= 15 is 0 Å². The fourth-order valence-corrected chi connectivity index (χ4v) is 3.59. The largest absolute Gasteiger partial charge is 0.497 e. The van der Waals surface area contributed by atoms with Crippen molar-refractivity contribution in [2.24, 2.45) is 0 Å². The summed E-state index contributed by atoms with van der Waals surface area (Å²) in [4.78, 5) is 0. The Balaban J connectivity index is 1.91. The monoisotopic (exact) mass is 251 g/mol. The van der Waals surface area contributed by atoms with E-state index in [0.29, 0.717) is 0 Å². The van der Waals surface area contributed by atoms with Gasteiger partial charge >= 0.3 is 0 Å². The van der Waals surface area contributed by atoms with Gasteiger partial charge in [-0.25, -0.2) is 0 Å². The minimum absolute atomic E-state index is 0.795. The van der Waals surface area contributed by atoms with E-state index in [1.807, 2.05) is 6.07 Å². The predicted octanol–water partition coefficient (Wildman–Crippen LogP) is 3.84. The van der Waals surface area contributed by atoms with Gasteiger partial charge in [-0.15, -0.1) is 0 Å². The molecule has 1 aromatic rings. The molecule has 1 aromatic carbocycles. The Morgan fingerprint density at radius 1 is 1.24 bits per heavy atom. The second kappa shape index (κ2) is 6.20. The number of hydrogen-bond acceptors (Lipinski definition) is 3. The first-order valence-corrected chi connectivity index (χ1v) is 7.38. The van der Waals surface area contributed by atoms with Crippen molar-refractivity contribution < 1.29 is 4.74 Å². The maximum Gasteiger partial charge on any atom is 0.121 e. The zero-order valence-electron chi connectivity index (χ0n) is 10.4. The Morgan fingerprint density at radius 2 is 2.00 bits per heavy atom. The molecule has 0 aromatic heterocycles. The normalized spacial score (nSPS) is 17.0. The minimum atomic E-state index is 0.795. The molecule has 94 valence electrons. The molecule has 0 saturated heterocycles. The lowest BCUT2D eigenvalue weighted by atomic mass is 10.0. The lowest BCUT2D eigenvalue weighted by Crippen LogP contribution is -2.08. The number of thioether (sulfide) groups is 1. The first-order valence-electron chi connectivity index (χ1n) is 6.33. The topological polar surface area (TPSA) is 35.2 Å². The molecular weight excluding hydrogens is 230 g/mol. The zero-order chi connectivity index (χ0) is 12.1. The van der Waals surface area contributed by atoms with Gasteiger partial charge in [0.15, 0.2) is 0 Å². The fraction of sp³-hybridized carbons (Fsp3) is 0.571. The van der Waals surface area contributed by atoms with E-state index in [0.717, 1.165) is 22.4 Å². The quantitative estimate of drug-likeness (QED) is 0.826. The minimum Gasteiger partial charge on any atom is -0.497 e. The standard InChI is InChI=1S/C14H21NOS/c1-16-13-8-11(7-12(15)9-13)10-17-14-5-3-2-4-6-14/h7-9,14H,2-6,10,15H2,1H3. The number of methoxy groups -OCH3 is 1. The number of ether oxygens (including phenoxy) is 1. The van der Waals surface area contributed by atoms with Gasteiger partial charge < -0.3 is 10.5 Å². The third kappa shape index (κ3) is 3.84. The highest BCUT2D eigenvalue weighted by molar-refractivity contribution is 7.99. The van der Waals surface area contributed by atoms with E-state index in [9.17, 15) is 0 Å². The second-order valence-corrected chi connectivity index (χ2v) is 5.97. The van der Waals surface area contributed by atoms with Crippen molar-refractivity contribution >= 4 is 17.4 Å². The van der Waals surface area contributed by atoms with Gasteiger partial charge in [-0.3, -0.25) is 0 Å². The summed E-state index contributed by atoms with van der Waals surface area (Å²) in [5.74, 6) is 1.91. The summed E-state index contributed by atoms with van der Waals surface area (Å²) in [6, 6.07) is 6.01. The van der Waals surface area contributed by atoms with E-state index in [1.54, 1.807) is 7.11 Å². The predicted molar refractivity (Wildman–Crippen MR) is 75.6 cm³/mol. The summed E-state index contributed by atoms with van der Waals surface area (Å²) < 4.78 is 5.24. The van der Waals surface area contributed by atoms with Crippen molar-refractivity contribution in [3.63, 3.8) is 0 Å². The molecule has 1 aliphatic carbocycles. The van der Waals surface area contributed by atoms with Gasteiger partial charge in [0.1, 0.15) is 5.75 Å². The highest BCUT2D eigenvalue weighted by Crippen LogP contribution is 2.31. The molecule has 1 fully saturated rings. The van der Waals surface area contributed by atoms with Gasteiger partial charge in [0.2, 0.25) is 0 Å². The van der Waals surface area contributed by atoms with Crippen LogP contribution in [0.1, 0.15) is 37.7 Å². The SMILES string of the molecule is COc1cc(N)cc(CSC2CCCCC2)c1. The number of nitrogens with two attached hydrogens (primary N) is 1. The van der Waals surface area contributed by atoms with Crippen LogP contribution in [0.5, 0.6) is 5.75 Å². The van der Waals surface area contributed by atoms with Crippen LogP contribution in [0, 0.1) is 0 Å². The van der Waals surface area contributed by atoms with E-state index < -0.39 is 0 Å². The van der Waals surface area contributed by atoms with Crippen LogP contribution >= 0.6 is 11.8 Å². The van der Waals surface area contributed by atoms with Gasteiger partial charge in [0.05, 0.1) is 7.11 Å². The first-order chi connectivity index (χ1) is 8.28. The Morgan fingerprint density at radius 3 is 2.71 bits per heavy atom. The number of benzene rings is 1. The van der Waals surface area contributed by atoms with Crippen LogP contribution in [-0.4, -0.2) is 12.4 Å². The summed E-state index contributed by atoms with van der Waals surface area (Å²) in [5, 5.41) is 0.844. The molecule has 0 aliphatic heterocycles. The van der Waals surface area contributed by atoms with Crippen LogP contribution in [0.25, 0.3) is 0 Å². The van der Waals surface area contributed by atoms with E-state index in [2.05, 4.69) is 23.9 Å². The van der Waals surface area contributed by atoms with Crippen LogP contribution < -0.4 is 10.5 Å². The molecule has 17 heavy (non-hydrogen) atoms. The van der Waals surface area contributed by atoms with Gasteiger partial charge in [-0.05, 0) is 30.5 Å². The van der Waals surface area contributed by atoms with Crippen molar-refractivity contribution in [1.82, 2.24) is 0 Å². The Hall–Kier alpha value is -0.830. The molecule has 0 unspecified atom stereocenters. The highest BCUT2D eigenvalue weighted by Gasteiger charge is 2.13. The number of hydrogen-bond donors (Lipinski definition) is 1. The first kappa shape index (κ1) is 12.6. The molecule has 0 heterocycles. The highest BCUT2D eigenvalue weighted by atomic mass is 32.2. The molecule has 2 nitrogen and oxygen atoms in total. The van der Waals surface area contributed by atoms with Gasteiger partial charge in [0, 0.05) is 22.8 Å². The maximum absolute atomic E-state index is 5.85. The Labute approximate surface area is 108 Å². The Kier molecular flexibility index (Phi) is 4.60. The van der Waals surface area contributed by atoms with E-state index in [-0.39, 0.29) is 0 Å². The summed E-state index contributed by atoms with van der Waals surface area (Å²) >= 11 is 2.07. The van der Waals surface area contributed by atoms with Gasteiger partial charge in [-0.1, -0.05) is 19.3 Å². The lowest BCUT2D eigenvalue weighted by molar-refractivity contribution is 0.414.